The summed E-state index contributed by atoms with van der Waals surface area (Å²) in [6.45, 7) is 4.24. The predicted molar refractivity (Wildman–Crippen MR) is 90.8 cm³/mol. The Bertz CT molecular complexity index is 663. The second kappa shape index (κ2) is 6.50. The number of anilines is 1. The highest BCUT2D eigenvalue weighted by atomic mass is 32.1. The summed E-state index contributed by atoms with van der Waals surface area (Å²) < 4.78 is 0. The zero-order chi connectivity index (χ0) is 15.4. The molecule has 4 heteroatoms. The van der Waals surface area contributed by atoms with Crippen molar-refractivity contribution in [1.29, 1.82) is 0 Å². The van der Waals surface area contributed by atoms with Gasteiger partial charge < -0.3 is 11.1 Å². The summed E-state index contributed by atoms with van der Waals surface area (Å²) >= 11 is 4.89. The van der Waals surface area contributed by atoms with E-state index in [1.807, 2.05) is 18.2 Å². The highest BCUT2D eigenvalue weighted by Gasteiger charge is 2.07. The molecule has 0 saturated carbocycles. The summed E-state index contributed by atoms with van der Waals surface area (Å²) in [6, 6.07) is 14.8. The Kier molecular flexibility index (Phi) is 4.70. The third-order valence-corrected chi connectivity index (χ3v) is 3.48. The van der Waals surface area contributed by atoms with Crippen molar-refractivity contribution in [2.45, 2.75) is 19.8 Å². The summed E-state index contributed by atoms with van der Waals surface area (Å²) in [7, 11) is 0. The lowest BCUT2D eigenvalue weighted by atomic mass is 10.0. The van der Waals surface area contributed by atoms with Gasteiger partial charge in [-0.05, 0) is 35.7 Å². The first-order valence-electron chi connectivity index (χ1n) is 6.78. The van der Waals surface area contributed by atoms with Crippen molar-refractivity contribution in [2.75, 3.05) is 5.32 Å². The van der Waals surface area contributed by atoms with E-state index in [9.17, 15) is 4.79 Å². The number of nitrogens with two attached hydrogens (primary N) is 1. The van der Waals surface area contributed by atoms with Crippen LogP contribution in [0.5, 0.6) is 0 Å². The topological polar surface area (TPSA) is 55.1 Å². The minimum absolute atomic E-state index is 0.148. The van der Waals surface area contributed by atoms with Crippen LogP contribution in [-0.4, -0.2) is 10.9 Å². The molecule has 0 unspecified atom stereocenters. The number of amides is 1. The van der Waals surface area contributed by atoms with Crippen molar-refractivity contribution in [3.8, 4) is 0 Å². The normalized spacial score (nSPS) is 10.4. The molecule has 108 valence electrons. The summed E-state index contributed by atoms with van der Waals surface area (Å²) in [4.78, 5) is 12.5. The molecule has 0 aliphatic carbocycles. The summed E-state index contributed by atoms with van der Waals surface area (Å²) in [5, 5.41) is 2.90. The van der Waals surface area contributed by atoms with Gasteiger partial charge in [-0.3, -0.25) is 4.79 Å². The Morgan fingerprint density at radius 1 is 1.10 bits per heavy atom. The maximum Gasteiger partial charge on any atom is 0.255 e. The summed E-state index contributed by atoms with van der Waals surface area (Å²) in [5.74, 6) is 0.275. The van der Waals surface area contributed by atoms with Gasteiger partial charge in [0.2, 0.25) is 0 Å². The average Bonchev–Trinajstić information content (AvgIpc) is 2.47. The van der Waals surface area contributed by atoms with E-state index < -0.39 is 0 Å². The fourth-order valence-electron chi connectivity index (χ4n) is 1.96. The van der Waals surface area contributed by atoms with Gasteiger partial charge in [0.1, 0.15) is 4.99 Å². The van der Waals surface area contributed by atoms with Crippen LogP contribution in [0.25, 0.3) is 0 Å². The lowest BCUT2D eigenvalue weighted by Gasteiger charge is -2.10. The summed E-state index contributed by atoms with van der Waals surface area (Å²) in [6.07, 6.45) is 0. The fraction of sp³-hybridized carbons (Fsp3) is 0.176. The number of hydrogen-bond acceptors (Lipinski definition) is 2. The van der Waals surface area contributed by atoms with Crippen LogP contribution in [0.15, 0.2) is 48.5 Å². The lowest BCUT2D eigenvalue weighted by Crippen LogP contribution is -2.13. The van der Waals surface area contributed by atoms with Crippen LogP contribution in [0.3, 0.4) is 0 Å². The van der Waals surface area contributed by atoms with Gasteiger partial charge in [-0.1, -0.05) is 50.3 Å². The van der Waals surface area contributed by atoms with Crippen LogP contribution in [0.4, 0.5) is 5.69 Å². The molecule has 2 aromatic rings. The van der Waals surface area contributed by atoms with Crippen LogP contribution < -0.4 is 11.1 Å². The largest absolute Gasteiger partial charge is 0.389 e. The zero-order valence-electron chi connectivity index (χ0n) is 12.1. The van der Waals surface area contributed by atoms with Crippen molar-refractivity contribution in [3.05, 3.63) is 65.2 Å². The Morgan fingerprint density at radius 2 is 1.71 bits per heavy atom. The van der Waals surface area contributed by atoms with Gasteiger partial charge in [0.25, 0.3) is 5.91 Å². The first-order chi connectivity index (χ1) is 9.97. The monoisotopic (exact) mass is 298 g/mol. The lowest BCUT2D eigenvalue weighted by molar-refractivity contribution is 0.102. The predicted octanol–water partition coefficient (Wildman–Crippen LogP) is 3.70. The SMILES string of the molecule is CC(C)c1cccc(NC(=O)c2ccc(C(N)=S)cc2)c1. The quantitative estimate of drug-likeness (QED) is 0.846. The number of thiocarbonyl (C=S) groups is 1. The molecule has 0 aromatic heterocycles. The highest BCUT2D eigenvalue weighted by Crippen LogP contribution is 2.19. The Hall–Kier alpha value is -2.20. The molecular weight excluding hydrogens is 280 g/mol. The van der Waals surface area contributed by atoms with Crippen molar-refractivity contribution in [3.63, 3.8) is 0 Å². The molecule has 0 bridgehead atoms. The summed E-state index contributed by atoms with van der Waals surface area (Å²) in [5.41, 5.74) is 8.85. The van der Waals surface area contributed by atoms with Gasteiger partial charge in [0.15, 0.2) is 0 Å². The molecule has 0 fully saturated rings. The van der Waals surface area contributed by atoms with Crippen LogP contribution >= 0.6 is 12.2 Å². The third kappa shape index (κ3) is 3.89. The van der Waals surface area contributed by atoms with Crippen molar-refractivity contribution in [1.82, 2.24) is 0 Å². The van der Waals surface area contributed by atoms with Gasteiger partial charge in [-0.25, -0.2) is 0 Å². The number of hydrogen-bond donors (Lipinski definition) is 2. The second-order valence-corrected chi connectivity index (χ2v) is 5.62. The van der Waals surface area contributed by atoms with Gasteiger partial charge in [0, 0.05) is 16.8 Å². The van der Waals surface area contributed by atoms with Crippen molar-refractivity contribution in [2.24, 2.45) is 5.73 Å². The standard InChI is InChI=1S/C17H18N2OS/c1-11(2)14-4-3-5-15(10-14)19-17(20)13-8-6-12(7-9-13)16(18)21/h3-11H,1-2H3,(H2,18,21)(H,19,20). The molecule has 21 heavy (non-hydrogen) atoms. The molecule has 0 radical (unpaired) electrons. The number of carbonyl (C=O) groups is 1. The van der Waals surface area contributed by atoms with E-state index in [2.05, 4.69) is 25.2 Å². The molecule has 0 aliphatic rings. The first-order valence-corrected chi connectivity index (χ1v) is 7.19. The van der Waals surface area contributed by atoms with E-state index in [0.29, 0.717) is 16.5 Å². The second-order valence-electron chi connectivity index (χ2n) is 5.18. The van der Waals surface area contributed by atoms with E-state index >= 15 is 0 Å². The molecule has 0 aliphatic heterocycles. The molecule has 0 heterocycles. The average molecular weight is 298 g/mol. The molecule has 3 N–H and O–H groups in total. The molecule has 1 amide bonds. The number of nitrogens with one attached hydrogen (secondary N) is 1. The minimum atomic E-state index is -0.148. The van der Waals surface area contributed by atoms with E-state index in [-0.39, 0.29) is 5.91 Å². The van der Waals surface area contributed by atoms with Crippen LogP contribution in [0.1, 0.15) is 41.3 Å². The molecule has 0 atom stereocenters. The number of carbonyl (C=O) groups excluding carboxylic acids is 1. The highest BCUT2D eigenvalue weighted by molar-refractivity contribution is 7.80. The molecule has 0 saturated heterocycles. The zero-order valence-corrected chi connectivity index (χ0v) is 12.9. The molecule has 2 aromatic carbocycles. The van der Waals surface area contributed by atoms with Crippen molar-refractivity contribution < 1.29 is 4.79 Å². The van der Waals surface area contributed by atoms with Gasteiger partial charge in [0.05, 0.1) is 0 Å². The molecule has 0 spiro atoms. The number of rotatable bonds is 4. The van der Waals surface area contributed by atoms with E-state index in [1.54, 1.807) is 24.3 Å². The minimum Gasteiger partial charge on any atom is -0.389 e. The Balaban J connectivity index is 2.14. The Morgan fingerprint density at radius 3 is 2.29 bits per heavy atom. The third-order valence-electron chi connectivity index (χ3n) is 3.24. The van der Waals surface area contributed by atoms with Crippen LogP contribution in [-0.2, 0) is 0 Å². The first kappa shape index (κ1) is 15.2. The van der Waals surface area contributed by atoms with E-state index in [0.717, 1.165) is 11.3 Å². The van der Waals surface area contributed by atoms with Crippen LogP contribution in [0.2, 0.25) is 0 Å². The molecule has 3 nitrogen and oxygen atoms in total. The van der Waals surface area contributed by atoms with Crippen molar-refractivity contribution >= 4 is 28.8 Å². The smallest absolute Gasteiger partial charge is 0.255 e. The maximum atomic E-state index is 12.2. The molecular formula is C17H18N2OS. The van der Waals surface area contributed by atoms with E-state index in [4.69, 9.17) is 18.0 Å². The van der Waals surface area contributed by atoms with E-state index in [1.165, 1.54) is 5.56 Å². The maximum absolute atomic E-state index is 12.2. The fourth-order valence-corrected chi connectivity index (χ4v) is 2.10. The van der Waals surface area contributed by atoms with Crippen LogP contribution in [0, 0.1) is 0 Å². The number of benzene rings is 2. The molecule has 2 rings (SSSR count). The van der Waals surface area contributed by atoms with Gasteiger partial charge in [-0.2, -0.15) is 0 Å². The Labute approximate surface area is 130 Å². The van der Waals surface area contributed by atoms with Gasteiger partial charge >= 0.3 is 0 Å². The van der Waals surface area contributed by atoms with Gasteiger partial charge in [-0.15, -0.1) is 0 Å².